The molecule has 2 atom stereocenters. The number of hydrogen-bond donors (Lipinski definition) is 1. The van der Waals surface area contributed by atoms with Crippen molar-refractivity contribution in [1.82, 2.24) is 10.2 Å². The highest BCUT2D eigenvalue weighted by Gasteiger charge is 2.21. The van der Waals surface area contributed by atoms with Crippen LogP contribution in [-0.4, -0.2) is 29.9 Å². The van der Waals surface area contributed by atoms with Crippen LogP contribution in [-0.2, 0) is 4.79 Å². The predicted molar refractivity (Wildman–Crippen MR) is 80.0 cm³/mol. The molecule has 0 heterocycles. The lowest BCUT2D eigenvalue weighted by Crippen LogP contribution is -2.38. The van der Waals surface area contributed by atoms with Gasteiger partial charge in [-0.25, -0.2) is 4.39 Å². The van der Waals surface area contributed by atoms with E-state index in [1.165, 1.54) is 12.1 Å². The molecule has 0 spiro atoms. The Morgan fingerprint density at radius 3 is 2.35 bits per heavy atom. The van der Waals surface area contributed by atoms with E-state index in [0.717, 1.165) is 12.1 Å². The number of halogens is 1. The number of carbonyl (C=O) groups excluding carboxylic acids is 1. The first-order chi connectivity index (χ1) is 9.49. The van der Waals surface area contributed by atoms with Crippen LogP contribution in [0.4, 0.5) is 4.39 Å². The molecule has 20 heavy (non-hydrogen) atoms. The zero-order valence-corrected chi connectivity index (χ0v) is 12.8. The molecule has 0 fully saturated rings. The summed E-state index contributed by atoms with van der Waals surface area (Å²) in [7, 11) is 0. The number of hydrogen-bond acceptors (Lipinski definition) is 2. The third-order valence-electron chi connectivity index (χ3n) is 3.51. The molecular formula is C16H25FN2O. The number of amides is 1. The van der Waals surface area contributed by atoms with Crippen LogP contribution in [0.2, 0.25) is 0 Å². The molecule has 0 aliphatic heterocycles. The van der Waals surface area contributed by atoms with E-state index in [1.807, 2.05) is 32.6 Å². The van der Waals surface area contributed by atoms with Crippen LogP contribution in [0, 0.1) is 5.82 Å². The Hall–Kier alpha value is -1.42. The maximum atomic E-state index is 13.0. The van der Waals surface area contributed by atoms with Gasteiger partial charge in [0.1, 0.15) is 5.82 Å². The van der Waals surface area contributed by atoms with Gasteiger partial charge in [-0.05, 0) is 45.0 Å². The second-order valence-corrected chi connectivity index (χ2v) is 5.07. The summed E-state index contributed by atoms with van der Waals surface area (Å²) in [6.07, 6.45) is 0.479. The number of carbonyl (C=O) groups is 1. The molecule has 0 radical (unpaired) electrons. The number of benzene rings is 1. The minimum Gasteiger partial charge on any atom is -0.336 e. The van der Waals surface area contributed by atoms with Gasteiger partial charge in [0.05, 0.1) is 6.04 Å². The molecule has 0 aromatic heterocycles. The molecule has 112 valence electrons. The quantitative estimate of drug-likeness (QED) is 0.832. The van der Waals surface area contributed by atoms with E-state index in [0.29, 0.717) is 13.0 Å². The van der Waals surface area contributed by atoms with Crippen LogP contribution < -0.4 is 5.32 Å². The van der Waals surface area contributed by atoms with Gasteiger partial charge in [-0.15, -0.1) is 0 Å². The van der Waals surface area contributed by atoms with Gasteiger partial charge in [0.25, 0.3) is 0 Å². The summed E-state index contributed by atoms with van der Waals surface area (Å²) in [4.78, 5) is 14.2. The average molecular weight is 280 g/mol. The number of nitrogens with one attached hydrogen (secondary N) is 1. The Kier molecular flexibility index (Phi) is 6.65. The van der Waals surface area contributed by atoms with Crippen molar-refractivity contribution in [1.29, 1.82) is 0 Å². The molecule has 4 heteroatoms. The Labute approximate surface area is 121 Å². The summed E-state index contributed by atoms with van der Waals surface area (Å²) < 4.78 is 13.0. The van der Waals surface area contributed by atoms with Crippen LogP contribution >= 0.6 is 0 Å². The smallest absolute Gasteiger partial charge is 0.224 e. The Balaban J connectivity index is 2.73. The highest BCUT2D eigenvalue weighted by atomic mass is 19.1. The van der Waals surface area contributed by atoms with Gasteiger partial charge in [0.15, 0.2) is 0 Å². The lowest BCUT2D eigenvalue weighted by Gasteiger charge is -2.29. The highest BCUT2D eigenvalue weighted by molar-refractivity contribution is 5.77. The molecular weight excluding hydrogens is 255 g/mol. The second kappa shape index (κ2) is 8.00. The number of rotatable bonds is 7. The van der Waals surface area contributed by atoms with E-state index in [4.69, 9.17) is 0 Å². The van der Waals surface area contributed by atoms with Crippen LogP contribution in [0.3, 0.4) is 0 Å². The summed E-state index contributed by atoms with van der Waals surface area (Å²) in [6, 6.07) is 6.48. The zero-order chi connectivity index (χ0) is 15.1. The normalized spacial score (nSPS) is 13.8. The van der Waals surface area contributed by atoms with Gasteiger partial charge >= 0.3 is 0 Å². The summed E-state index contributed by atoms with van der Waals surface area (Å²) in [5.41, 5.74) is 0.956. The Morgan fingerprint density at radius 1 is 1.25 bits per heavy atom. The molecule has 0 bridgehead atoms. The van der Waals surface area contributed by atoms with E-state index < -0.39 is 0 Å². The van der Waals surface area contributed by atoms with Gasteiger partial charge in [-0.2, -0.15) is 0 Å². The van der Waals surface area contributed by atoms with Gasteiger partial charge in [-0.3, -0.25) is 4.79 Å². The third kappa shape index (κ3) is 4.60. The first-order valence-corrected chi connectivity index (χ1v) is 7.27. The third-order valence-corrected chi connectivity index (χ3v) is 3.51. The Morgan fingerprint density at radius 2 is 1.85 bits per heavy atom. The summed E-state index contributed by atoms with van der Waals surface area (Å²) in [5.74, 6) is -0.131. The zero-order valence-electron chi connectivity index (χ0n) is 12.8. The van der Waals surface area contributed by atoms with E-state index in [-0.39, 0.29) is 23.8 Å². The molecule has 2 unspecified atom stereocenters. The van der Waals surface area contributed by atoms with E-state index in [2.05, 4.69) is 5.32 Å². The highest BCUT2D eigenvalue weighted by Crippen LogP contribution is 2.21. The van der Waals surface area contributed by atoms with E-state index >= 15 is 0 Å². The maximum Gasteiger partial charge on any atom is 0.224 e. The second-order valence-electron chi connectivity index (χ2n) is 5.07. The minimum absolute atomic E-state index is 0.0399. The lowest BCUT2D eigenvalue weighted by atomic mass is 10.1. The van der Waals surface area contributed by atoms with E-state index in [1.54, 1.807) is 12.1 Å². The van der Waals surface area contributed by atoms with Crippen molar-refractivity contribution >= 4 is 5.91 Å². The van der Waals surface area contributed by atoms with Crippen LogP contribution in [0.15, 0.2) is 24.3 Å². The molecule has 1 amide bonds. The first-order valence-electron chi connectivity index (χ1n) is 7.27. The van der Waals surface area contributed by atoms with Gasteiger partial charge in [-0.1, -0.05) is 19.1 Å². The molecule has 1 rings (SSSR count). The van der Waals surface area contributed by atoms with Crippen LogP contribution in [0.1, 0.15) is 45.7 Å². The molecule has 0 aliphatic rings. The fourth-order valence-electron chi connectivity index (χ4n) is 2.39. The van der Waals surface area contributed by atoms with Crippen molar-refractivity contribution < 1.29 is 9.18 Å². The van der Waals surface area contributed by atoms with Gasteiger partial charge < -0.3 is 10.2 Å². The molecule has 1 aromatic rings. The first kappa shape index (κ1) is 16.6. The average Bonchev–Trinajstić information content (AvgIpc) is 2.40. The van der Waals surface area contributed by atoms with Crippen molar-refractivity contribution in [2.45, 2.75) is 46.2 Å². The molecule has 1 N–H and O–H groups in total. The van der Waals surface area contributed by atoms with Crippen molar-refractivity contribution in [3.8, 4) is 0 Å². The summed E-state index contributed by atoms with van der Waals surface area (Å²) >= 11 is 0. The fraction of sp³-hybridized carbons (Fsp3) is 0.562. The molecule has 3 nitrogen and oxygen atoms in total. The maximum absolute atomic E-state index is 13.0. The SMILES string of the molecule is CCNC(C)CC(=O)N(CC)C(C)c1ccc(F)cc1. The predicted octanol–water partition coefficient (Wildman–Crippen LogP) is 3.12. The van der Waals surface area contributed by atoms with E-state index in [9.17, 15) is 9.18 Å². The van der Waals surface area contributed by atoms with Gasteiger partial charge in [0, 0.05) is 19.0 Å². The largest absolute Gasteiger partial charge is 0.336 e. The topological polar surface area (TPSA) is 32.3 Å². The lowest BCUT2D eigenvalue weighted by molar-refractivity contribution is -0.133. The fourth-order valence-corrected chi connectivity index (χ4v) is 2.39. The molecule has 0 saturated heterocycles. The molecule has 0 aliphatic carbocycles. The number of nitrogens with zero attached hydrogens (tertiary/aromatic N) is 1. The Bertz CT molecular complexity index is 419. The van der Waals surface area contributed by atoms with Crippen molar-refractivity contribution in [2.75, 3.05) is 13.1 Å². The molecule has 0 saturated carbocycles. The van der Waals surface area contributed by atoms with Gasteiger partial charge in [0.2, 0.25) is 5.91 Å². The van der Waals surface area contributed by atoms with Crippen molar-refractivity contribution in [3.63, 3.8) is 0 Å². The standard InChI is InChI=1S/C16H25FN2O/c1-5-18-12(3)11-16(20)19(6-2)13(4)14-7-9-15(17)10-8-14/h7-10,12-13,18H,5-6,11H2,1-4H3. The monoisotopic (exact) mass is 280 g/mol. The van der Waals surface area contributed by atoms with Crippen LogP contribution in [0.5, 0.6) is 0 Å². The summed E-state index contributed by atoms with van der Waals surface area (Å²) in [6.45, 7) is 9.49. The van der Waals surface area contributed by atoms with Crippen molar-refractivity contribution in [3.05, 3.63) is 35.6 Å². The van der Waals surface area contributed by atoms with Crippen molar-refractivity contribution in [2.24, 2.45) is 0 Å². The van der Waals surface area contributed by atoms with Crippen LogP contribution in [0.25, 0.3) is 0 Å². The summed E-state index contributed by atoms with van der Waals surface area (Å²) in [5, 5.41) is 3.24. The minimum atomic E-state index is -0.254. The molecule has 1 aromatic carbocycles.